The number of hydrogen-bond donors (Lipinski definition) is 1. The molecule has 3 aromatic rings. The molecule has 2 aromatic carbocycles. The van der Waals surface area contributed by atoms with Crippen LogP contribution in [0, 0.1) is 4.77 Å². The van der Waals surface area contributed by atoms with Crippen molar-refractivity contribution in [3.63, 3.8) is 0 Å². The van der Waals surface area contributed by atoms with Crippen LogP contribution in [0.4, 0.5) is 0 Å². The summed E-state index contributed by atoms with van der Waals surface area (Å²) in [6, 6.07) is 16.3. The van der Waals surface area contributed by atoms with Crippen molar-refractivity contribution < 1.29 is 0 Å². The first-order valence-electron chi connectivity index (χ1n) is 7.25. The van der Waals surface area contributed by atoms with Crippen LogP contribution in [0.25, 0.3) is 0 Å². The van der Waals surface area contributed by atoms with Gasteiger partial charge in [0.05, 0.1) is 6.21 Å². The molecule has 0 aliphatic heterocycles. The monoisotopic (exact) mass is 418 g/mol. The molecule has 0 fully saturated rings. The quantitative estimate of drug-likeness (QED) is 0.364. The number of benzene rings is 2. The van der Waals surface area contributed by atoms with Gasteiger partial charge in [0, 0.05) is 15.8 Å². The number of nitrogens with one attached hydrogen (secondary N) is 1. The minimum absolute atomic E-state index is 0.485. The van der Waals surface area contributed by atoms with Gasteiger partial charge in [-0.25, -0.2) is 0 Å². The van der Waals surface area contributed by atoms with E-state index in [9.17, 15) is 0 Å². The number of hydrogen-bond acceptors (Lipinski definition) is 4. The smallest absolute Gasteiger partial charge is 0.216 e. The number of nitrogens with zero attached hydrogens (tertiary/aromatic N) is 3. The summed E-state index contributed by atoms with van der Waals surface area (Å²) in [5.74, 6) is 0.777. The molecule has 0 aliphatic rings. The van der Waals surface area contributed by atoms with Gasteiger partial charge in [-0.3, -0.25) is 5.10 Å². The molecule has 24 heavy (non-hydrogen) atoms. The van der Waals surface area contributed by atoms with E-state index in [4.69, 9.17) is 12.2 Å². The van der Waals surface area contributed by atoms with Crippen LogP contribution in [0.1, 0.15) is 17.0 Å². The Balaban J connectivity index is 1.82. The van der Waals surface area contributed by atoms with Gasteiger partial charge in [0.15, 0.2) is 5.82 Å². The first-order chi connectivity index (χ1) is 11.7. The summed E-state index contributed by atoms with van der Waals surface area (Å²) in [6.45, 7) is 0. The van der Waals surface area contributed by atoms with Crippen molar-refractivity contribution in [3.8, 4) is 0 Å². The maximum atomic E-state index is 5.29. The van der Waals surface area contributed by atoms with Gasteiger partial charge in [0.25, 0.3) is 0 Å². The minimum Gasteiger partial charge on any atom is -0.250 e. The number of rotatable bonds is 5. The lowest BCUT2D eigenvalue weighted by Gasteiger charge is -2.02. The molecule has 0 unspecified atom stereocenters. The maximum absolute atomic E-state index is 5.29. The number of aromatic nitrogens is 3. The third kappa shape index (κ3) is 4.23. The summed E-state index contributed by atoms with van der Waals surface area (Å²) >= 11 is 10.4. The topological polar surface area (TPSA) is 46.0 Å². The van der Waals surface area contributed by atoms with E-state index < -0.39 is 0 Å². The van der Waals surface area contributed by atoms with Crippen LogP contribution in [-0.2, 0) is 6.42 Å². The molecule has 3 rings (SSSR count). The van der Waals surface area contributed by atoms with Gasteiger partial charge in [0.2, 0.25) is 4.77 Å². The molecule has 7 heteroatoms. The van der Waals surface area contributed by atoms with E-state index >= 15 is 0 Å². The third-order valence-electron chi connectivity index (χ3n) is 3.43. The zero-order valence-corrected chi connectivity index (χ0v) is 16.2. The van der Waals surface area contributed by atoms with E-state index in [0.29, 0.717) is 11.2 Å². The fourth-order valence-electron chi connectivity index (χ4n) is 2.16. The standard InChI is InChI=1S/C17H15BrN4S2/c1-24-15-8-4-13(5-9-15)11-19-22-16(20-21-17(22)23)10-12-2-6-14(18)7-3-12/h2-9,11H,10H2,1H3,(H,21,23). The van der Waals surface area contributed by atoms with E-state index in [1.54, 1.807) is 22.7 Å². The molecule has 1 aromatic heterocycles. The molecule has 122 valence electrons. The molecule has 0 radical (unpaired) electrons. The van der Waals surface area contributed by atoms with Crippen molar-refractivity contribution in [2.24, 2.45) is 5.10 Å². The third-order valence-corrected chi connectivity index (χ3v) is 4.97. The second kappa shape index (κ2) is 7.92. The first kappa shape index (κ1) is 17.1. The van der Waals surface area contributed by atoms with Gasteiger partial charge in [-0.05, 0) is 53.9 Å². The van der Waals surface area contributed by atoms with E-state index in [0.717, 1.165) is 21.4 Å². The van der Waals surface area contributed by atoms with Crippen molar-refractivity contribution >= 4 is 46.1 Å². The number of H-pyrrole nitrogens is 1. The Morgan fingerprint density at radius 1 is 1.21 bits per heavy atom. The lowest BCUT2D eigenvalue weighted by Crippen LogP contribution is -2.00. The summed E-state index contributed by atoms with van der Waals surface area (Å²) in [6.07, 6.45) is 4.51. The van der Waals surface area contributed by atoms with Gasteiger partial charge < -0.3 is 0 Å². The molecule has 0 atom stereocenters. The summed E-state index contributed by atoms with van der Waals surface area (Å²) in [5, 5.41) is 11.6. The number of halogens is 1. The Morgan fingerprint density at radius 3 is 2.58 bits per heavy atom. The van der Waals surface area contributed by atoms with Crippen LogP contribution < -0.4 is 0 Å². The van der Waals surface area contributed by atoms with Crippen LogP contribution in [0.15, 0.2) is 63.0 Å². The van der Waals surface area contributed by atoms with Crippen molar-refractivity contribution in [1.29, 1.82) is 0 Å². The highest BCUT2D eigenvalue weighted by Crippen LogP contribution is 2.15. The van der Waals surface area contributed by atoms with E-state index in [-0.39, 0.29) is 0 Å². The normalized spacial score (nSPS) is 11.2. The van der Waals surface area contributed by atoms with Crippen LogP contribution in [-0.4, -0.2) is 27.3 Å². The summed E-state index contributed by atoms with van der Waals surface area (Å²) in [4.78, 5) is 1.22. The second-order valence-electron chi connectivity index (χ2n) is 5.08. The molecule has 0 amide bonds. The Labute approximate surface area is 158 Å². The Bertz CT molecular complexity index is 896. The molecule has 4 nitrogen and oxygen atoms in total. The predicted octanol–water partition coefficient (Wildman–Crippen LogP) is 4.90. The number of aromatic amines is 1. The minimum atomic E-state index is 0.485. The summed E-state index contributed by atoms with van der Waals surface area (Å²) in [5.41, 5.74) is 2.17. The zero-order chi connectivity index (χ0) is 16.9. The van der Waals surface area contributed by atoms with Crippen molar-refractivity contribution in [1.82, 2.24) is 14.9 Å². The van der Waals surface area contributed by atoms with Gasteiger partial charge in [-0.2, -0.15) is 14.9 Å². The Hall–Kier alpha value is -1.70. The van der Waals surface area contributed by atoms with E-state index in [1.807, 2.05) is 24.3 Å². The molecule has 1 heterocycles. The predicted molar refractivity (Wildman–Crippen MR) is 106 cm³/mol. The molecule has 1 N–H and O–H groups in total. The van der Waals surface area contributed by atoms with Crippen molar-refractivity contribution in [2.45, 2.75) is 11.3 Å². The fourth-order valence-corrected chi connectivity index (χ4v) is 3.03. The van der Waals surface area contributed by atoms with Gasteiger partial charge in [-0.1, -0.05) is 40.2 Å². The SMILES string of the molecule is CSc1ccc(C=Nn2c(Cc3ccc(Br)cc3)n[nH]c2=S)cc1. The lowest BCUT2D eigenvalue weighted by atomic mass is 10.1. The Kier molecular flexibility index (Phi) is 5.65. The van der Waals surface area contributed by atoms with Crippen LogP contribution >= 0.6 is 39.9 Å². The Morgan fingerprint density at radius 2 is 1.92 bits per heavy atom. The van der Waals surface area contributed by atoms with Gasteiger partial charge in [-0.15, -0.1) is 11.8 Å². The molecule has 0 saturated heterocycles. The van der Waals surface area contributed by atoms with Crippen molar-refractivity contribution in [3.05, 3.63) is 74.7 Å². The number of thioether (sulfide) groups is 1. The maximum Gasteiger partial charge on any atom is 0.216 e. The largest absolute Gasteiger partial charge is 0.250 e. The molecule has 0 saturated carbocycles. The summed E-state index contributed by atoms with van der Waals surface area (Å²) in [7, 11) is 0. The highest BCUT2D eigenvalue weighted by Gasteiger charge is 2.06. The molecule has 0 spiro atoms. The molecule has 0 bridgehead atoms. The average Bonchev–Trinajstić information content (AvgIpc) is 2.95. The average molecular weight is 419 g/mol. The molecular formula is C17H15BrN4S2. The first-order valence-corrected chi connectivity index (χ1v) is 9.67. The van der Waals surface area contributed by atoms with E-state index in [1.165, 1.54) is 4.90 Å². The molecular weight excluding hydrogens is 404 g/mol. The van der Waals surface area contributed by atoms with E-state index in [2.05, 4.69) is 61.7 Å². The van der Waals surface area contributed by atoms with Crippen LogP contribution in [0.5, 0.6) is 0 Å². The van der Waals surface area contributed by atoms with Crippen LogP contribution in [0.3, 0.4) is 0 Å². The molecule has 0 aliphatic carbocycles. The summed E-state index contributed by atoms with van der Waals surface area (Å²) < 4.78 is 3.20. The zero-order valence-electron chi connectivity index (χ0n) is 12.9. The highest BCUT2D eigenvalue weighted by atomic mass is 79.9. The van der Waals surface area contributed by atoms with Gasteiger partial charge in [0.1, 0.15) is 0 Å². The lowest BCUT2D eigenvalue weighted by molar-refractivity contribution is 0.791. The van der Waals surface area contributed by atoms with Crippen LogP contribution in [0.2, 0.25) is 0 Å². The van der Waals surface area contributed by atoms with Crippen molar-refractivity contribution in [2.75, 3.05) is 6.26 Å². The second-order valence-corrected chi connectivity index (χ2v) is 7.26. The highest BCUT2D eigenvalue weighted by molar-refractivity contribution is 9.10. The van der Waals surface area contributed by atoms with Gasteiger partial charge >= 0.3 is 0 Å². The fraction of sp³-hybridized carbons (Fsp3) is 0.118.